The molecule has 0 spiro atoms. The van der Waals surface area contributed by atoms with E-state index in [0.29, 0.717) is 6.54 Å². The van der Waals surface area contributed by atoms with Crippen molar-refractivity contribution in [1.82, 2.24) is 14.9 Å². The second-order valence-corrected chi connectivity index (χ2v) is 6.43. The maximum atomic E-state index is 11.8. The van der Waals surface area contributed by atoms with Gasteiger partial charge < -0.3 is 5.32 Å². The third kappa shape index (κ3) is 3.64. The molecule has 0 aliphatic carbocycles. The van der Waals surface area contributed by atoms with Crippen LogP contribution in [0.1, 0.15) is 13.8 Å². The third-order valence-electron chi connectivity index (χ3n) is 2.71. The number of nitrogens with one attached hydrogen (secondary N) is 1. The number of halogens is 1. The molecule has 20 heavy (non-hydrogen) atoms. The van der Waals surface area contributed by atoms with Gasteiger partial charge in [0.05, 0.1) is 5.25 Å². The van der Waals surface area contributed by atoms with Gasteiger partial charge in [0.2, 0.25) is 5.91 Å². The van der Waals surface area contributed by atoms with Crippen molar-refractivity contribution in [2.45, 2.75) is 24.3 Å². The molecule has 1 N–H and O–H groups in total. The zero-order valence-corrected chi connectivity index (χ0v) is 13.7. The van der Waals surface area contributed by atoms with Crippen molar-refractivity contribution in [3.63, 3.8) is 0 Å². The van der Waals surface area contributed by atoms with E-state index >= 15 is 0 Å². The molecule has 0 radical (unpaired) electrons. The molecule has 1 heterocycles. The third-order valence-corrected chi connectivity index (χ3v) is 4.32. The molecule has 0 saturated heterocycles. The minimum absolute atomic E-state index is 0.0304. The number of hydrogen-bond donors (Lipinski definition) is 1. The summed E-state index contributed by atoms with van der Waals surface area (Å²) in [6.45, 7) is 4.44. The van der Waals surface area contributed by atoms with Gasteiger partial charge >= 0.3 is 0 Å². The summed E-state index contributed by atoms with van der Waals surface area (Å²) in [6, 6.07) is 7.98. The molecular formula is C14H16BrN3OS. The summed E-state index contributed by atoms with van der Waals surface area (Å²) in [5, 5.41) is 3.46. The van der Waals surface area contributed by atoms with E-state index in [2.05, 4.69) is 26.2 Å². The van der Waals surface area contributed by atoms with Crippen molar-refractivity contribution >= 4 is 33.6 Å². The highest BCUT2D eigenvalue weighted by Gasteiger charge is 2.16. The fourth-order valence-electron chi connectivity index (χ4n) is 1.70. The molecule has 0 aliphatic heterocycles. The topological polar surface area (TPSA) is 46.9 Å². The van der Waals surface area contributed by atoms with Gasteiger partial charge in [0.15, 0.2) is 5.16 Å². The van der Waals surface area contributed by atoms with Gasteiger partial charge in [0.25, 0.3) is 0 Å². The van der Waals surface area contributed by atoms with Gasteiger partial charge in [-0.15, -0.1) is 0 Å². The minimum atomic E-state index is -0.174. The molecule has 0 saturated carbocycles. The molecule has 2 aromatic rings. The number of rotatable bonds is 5. The van der Waals surface area contributed by atoms with Crippen molar-refractivity contribution in [2.75, 3.05) is 6.54 Å². The van der Waals surface area contributed by atoms with Gasteiger partial charge in [0, 0.05) is 29.1 Å². The fourth-order valence-corrected chi connectivity index (χ4v) is 2.88. The largest absolute Gasteiger partial charge is 0.355 e. The summed E-state index contributed by atoms with van der Waals surface area (Å²) in [4.78, 5) is 16.1. The average Bonchev–Trinajstić information content (AvgIpc) is 2.88. The zero-order chi connectivity index (χ0) is 14.5. The lowest BCUT2D eigenvalue weighted by Crippen LogP contribution is -2.30. The van der Waals surface area contributed by atoms with E-state index < -0.39 is 0 Å². The standard InChI is InChI=1S/C14H16BrN3OS/c1-3-16-13(19)10(2)20-14-17-8-9-18(14)12-6-4-11(15)5-7-12/h4-10H,3H2,1-2H3,(H,16,19). The van der Waals surface area contributed by atoms with Gasteiger partial charge in [-0.3, -0.25) is 9.36 Å². The first-order chi connectivity index (χ1) is 9.61. The van der Waals surface area contributed by atoms with E-state index in [1.54, 1.807) is 6.20 Å². The number of benzene rings is 1. The maximum Gasteiger partial charge on any atom is 0.233 e. The van der Waals surface area contributed by atoms with Crippen molar-refractivity contribution in [2.24, 2.45) is 0 Å². The second-order valence-electron chi connectivity index (χ2n) is 4.21. The van der Waals surface area contributed by atoms with E-state index in [-0.39, 0.29) is 11.2 Å². The molecule has 0 aliphatic rings. The smallest absolute Gasteiger partial charge is 0.233 e. The van der Waals surface area contributed by atoms with Crippen LogP contribution in [0.25, 0.3) is 5.69 Å². The number of aromatic nitrogens is 2. The van der Waals surface area contributed by atoms with Crippen LogP contribution in [0, 0.1) is 0 Å². The van der Waals surface area contributed by atoms with Crippen molar-refractivity contribution in [1.29, 1.82) is 0 Å². The monoisotopic (exact) mass is 353 g/mol. The van der Waals surface area contributed by atoms with Crippen molar-refractivity contribution in [3.8, 4) is 5.69 Å². The first-order valence-electron chi connectivity index (χ1n) is 6.35. The van der Waals surface area contributed by atoms with Crippen LogP contribution in [0.4, 0.5) is 0 Å². The van der Waals surface area contributed by atoms with Gasteiger partial charge in [-0.25, -0.2) is 4.98 Å². The lowest BCUT2D eigenvalue weighted by Gasteiger charge is -2.12. The number of nitrogens with zero attached hydrogens (tertiary/aromatic N) is 2. The molecule has 1 unspecified atom stereocenters. The van der Waals surface area contributed by atoms with E-state index in [4.69, 9.17) is 0 Å². The Morgan fingerprint density at radius 2 is 2.15 bits per heavy atom. The van der Waals surface area contributed by atoms with Crippen LogP contribution in [0.3, 0.4) is 0 Å². The van der Waals surface area contributed by atoms with Crippen LogP contribution in [-0.2, 0) is 4.79 Å². The molecule has 1 atom stereocenters. The Bertz CT molecular complexity index is 582. The number of amides is 1. The average molecular weight is 354 g/mol. The number of carbonyl (C=O) groups is 1. The Labute approximate surface area is 131 Å². The van der Waals surface area contributed by atoms with Crippen molar-refractivity contribution < 1.29 is 4.79 Å². The van der Waals surface area contributed by atoms with Crippen LogP contribution < -0.4 is 5.32 Å². The van der Waals surface area contributed by atoms with E-state index in [1.165, 1.54) is 11.8 Å². The highest BCUT2D eigenvalue weighted by Crippen LogP contribution is 2.25. The molecule has 106 valence electrons. The lowest BCUT2D eigenvalue weighted by molar-refractivity contribution is -0.120. The summed E-state index contributed by atoms with van der Waals surface area (Å²) in [5.41, 5.74) is 1.02. The highest BCUT2D eigenvalue weighted by molar-refractivity contribution is 9.10. The van der Waals surface area contributed by atoms with E-state index in [9.17, 15) is 4.79 Å². The van der Waals surface area contributed by atoms with Gasteiger partial charge in [-0.05, 0) is 38.1 Å². The normalized spacial score (nSPS) is 12.2. The maximum absolute atomic E-state index is 11.8. The minimum Gasteiger partial charge on any atom is -0.355 e. The number of carbonyl (C=O) groups excluding carboxylic acids is 1. The predicted molar refractivity (Wildman–Crippen MR) is 85.3 cm³/mol. The Morgan fingerprint density at radius 3 is 2.80 bits per heavy atom. The van der Waals surface area contributed by atoms with Gasteiger partial charge in [-0.2, -0.15) is 0 Å². The number of hydrogen-bond acceptors (Lipinski definition) is 3. The van der Waals surface area contributed by atoms with Crippen LogP contribution in [-0.4, -0.2) is 27.3 Å². The molecule has 0 bridgehead atoms. The first-order valence-corrected chi connectivity index (χ1v) is 8.02. The van der Waals surface area contributed by atoms with Crippen molar-refractivity contribution in [3.05, 3.63) is 41.1 Å². The van der Waals surface area contributed by atoms with Crippen LogP contribution in [0.5, 0.6) is 0 Å². The summed E-state index contributed by atoms with van der Waals surface area (Å²) >= 11 is 4.87. The number of thioether (sulfide) groups is 1. The Balaban J connectivity index is 2.16. The molecule has 1 amide bonds. The van der Waals surface area contributed by atoms with Crippen LogP contribution >= 0.6 is 27.7 Å². The molecule has 0 fully saturated rings. The Kier molecular flexibility index (Phi) is 5.25. The van der Waals surface area contributed by atoms with Gasteiger partial charge in [-0.1, -0.05) is 27.7 Å². The quantitative estimate of drug-likeness (QED) is 0.839. The summed E-state index contributed by atoms with van der Waals surface area (Å²) < 4.78 is 3.01. The van der Waals surface area contributed by atoms with Crippen LogP contribution in [0.2, 0.25) is 0 Å². The molecule has 2 rings (SSSR count). The molecule has 4 nitrogen and oxygen atoms in total. The number of imidazole rings is 1. The fraction of sp³-hybridized carbons (Fsp3) is 0.286. The SMILES string of the molecule is CCNC(=O)C(C)Sc1nccn1-c1ccc(Br)cc1. The van der Waals surface area contributed by atoms with Gasteiger partial charge in [0.1, 0.15) is 0 Å². The van der Waals surface area contributed by atoms with Crippen LogP contribution in [0.15, 0.2) is 46.3 Å². The Morgan fingerprint density at radius 1 is 1.45 bits per heavy atom. The summed E-state index contributed by atoms with van der Waals surface area (Å²) in [5.74, 6) is 0.0304. The molecule has 6 heteroatoms. The zero-order valence-electron chi connectivity index (χ0n) is 11.3. The molecule has 1 aromatic heterocycles. The molecule has 1 aromatic carbocycles. The second kappa shape index (κ2) is 6.95. The van der Waals surface area contributed by atoms with E-state index in [1.807, 2.05) is 48.9 Å². The predicted octanol–water partition coefficient (Wildman–Crippen LogP) is 3.25. The highest BCUT2D eigenvalue weighted by atomic mass is 79.9. The lowest BCUT2D eigenvalue weighted by atomic mass is 10.3. The van der Waals surface area contributed by atoms with E-state index in [0.717, 1.165) is 15.3 Å². The Hall–Kier alpha value is -1.27. The summed E-state index contributed by atoms with van der Waals surface area (Å²) in [7, 11) is 0. The summed E-state index contributed by atoms with van der Waals surface area (Å²) in [6.07, 6.45) is 3.64. The molecular weight excluding hydrogens is 338 g/mol. The first kappa shape index (κ1) is 15.1.